The predicted octanol–water partition coefficient (Wildman–Crippen LogP) is 2.29. The van der Waals surface area contributed by atoms with Gasteiger partial charge in [0.1, 0.15) is 6.67 Å². The largest absolute Gasteiger partial charge is 0.387 e. The Bertz CT molecular complexity index is 81.3. The topological polar surface area (TPSA) is 20.2 Å². The standard InChI is InChI=1S/C8H17FO/c1-3-4-5-6-8(2,10)7-9/h10H,3-7H2,1-2H3. The van der Waals surface area contributed by atoms with Gasteiger partial charge >= 0.3 is 0 Å². The Morgan fingerprint density at radius 3 is 2.40 bits per heavy atom. The second-order valence-corrected chi connectivity index (χ2v) is 3.09. The quantitative estimate of drug-likeness (QED) is 0.593. The highest BCUT2D eigenvalue weighted by Gasteiger charge is 2.18. The molecule has 1 N–H and O–H groups in total. The maximum atomic E-state index is 11.9. The highest BCUT2D eigenvalue weighted by atomic mass is 19.1. The molecule has 0 amide bonds. The van der Waals surface area contributed by atoms with Gasteiger partial charge in [-0.1, -0.05) is 26.2 Å². The molecule has 62 valence electrons. The number of unbranched alkanes of at least 4 members (excludes halogenated alkanes) is 2. The zero-order valence-electron chi connectivity index (χ0n) is 6.86. The third kappa shape index (κ3) is 4.74. The van der Waals surface area contributed by atoms with Gasteiger partial charge < -0.3 is 5.11 Å². The molecule has 0 saturated heterocycles. The fraction of sp³-hybridized carbons (Fsp3) is 1.00. The van der Waals surface area contributed by atoms with Crippen LogP contribution in [-0.4, -0.2) is 17.4 Å². The van der Waals surface area contributed by atoms with Crippen molar-refractivity contribution >= 4 is 0 Å². The van der Waals surface area contributed by atoms with Crippen LogP contribution in [0.4, 0.5) is 4.39 Å². The van der Waals surface area contributed by atoms with Crippen LogP contribution in [0.1, 0.15) is 39.5 Å². The Balaban J connectivity index is 3.28. The molecule has 1 atom stereocenters. The summed E-state index contributed by atoms with van der Waals surface area (Å²) in [5.74, 6) is 0. The monoisotopic (exact) mass is 148 g/mol. The smallest absolute Gasteiger partial charge is 0.118 e. The van der Waals surface area contributed by atoms with Crippen LogP contribution in [0.5, 0.6) is 0 Å². The molecule has 0 rings (SSSR count). The first kappa shape index (κ1) is 9.89. The number of hydrogen-bond donors (Lipinski definition) is 1. The third-order valence-corrected chi connectivity index (χ3v) is 1.61. The highest BCUT2D eigenvalue weighted by Crippen LogP contribution is 2.14. The lowest BCUT2D eigenvalue weighted by molar-refractivity contribution is 0.0231. The fourth-order valence-electron chi connectivity index (χ4n) is 0.823. The van der Waals surface area contributed by atoms with Crippen LogP contribution in [-0.2, 0) is 0 Å². The minimum absolute atomic E-state index is 0.581. The summed E-state index contributed by atoms with van der Waals surface area (Å²) in [6, 6.07) is 0. The average molecular weight is 148 g/mol. The molecular formula is C8H17FO. The van der Waals surface area contributed by atoms with Crippen LogP contribution in [0.3, 0.4) is 0 Å². The van der Waals surface area contributed by atoms with Crippen LogP contribution in [0.25, 0.3) is 0 Å². The van der Waals surface area contributed by atoms with Crippen molar-refractivity contribution in [2.75, 3.05) is 6.67 Å². The van der Waals surface area contributed by atoms with E-state index in [-0.39, 0.29) is 0 Å². The first-order chi connectivity index (χ1) is 4.62. The minimum Gasteiger partial charge on any atom is -0.387 e. The SMILES string of the molecule is CCCCCC(C)(O)CF. The van der Waals surface area contributed by atoms with Gasteiger partial charge in [-0.15, -0.1) is 0 Å². The Morgan fingerprint density at radius 2 is 2.00 bits per heavy atom. The Kier molecular flexibility index (Phi) is 4.62. The lowest BCUT2D eigenvalue weighted by Gasteiger charge is -2.18. The van der Waals surface area contributed by atoms with E-state index in [0.29, 0.717) is 6.42 Å². The van der Waals surface area contributed by atoms with E-state index in [1.165, 1.54) is 0 Å². The first-order valence-electron chi connectivity index (χ1n) is 3.91. The summed E-state index contributed by atoms with van der Waals surface area (Å²) >= 11 is 0. The second-order valence-electron chi connectivity index (χ2n) is 3.09. The molecule has 0 aromatic heterocycles. The van der Waals surface area contributed by atoms with Crippen molar-refractivity contribution in [1.82, 2.24) is 0 Å². The molecule has 0 spiro atoms. The van der Waals surface area contributed by atoms with Gasteiger partial charge in [-0.25, -0.2) is 4.39 Å². The molecule has 0 aromatic carbocycles. The van der Waals surface area contributed by atoms with Gasteiger partial charge in [-0.05, 0) is 13.3 Å². The van der Waals surface area contributed by atoms with E-state index in [2.05, 4.69) is 6.92 Å². The van der Waals surface area contributed by atoms with Crippen LogP contribution in [0.2, 0.25) is 0 Å². The third-order valence-electron chi connectivity index (χ3n) is 1.61. The summed E-state index contributed by atoms with van der Waals surface area (Å²) in [4.78, 5) is 0. The van der Waals surface area contributed by atoms with Gasteiger partial charge in [0.05, 0.1) is 5.60 Å². The number of rotatable bonds is 5. The molecule has 0 aromatic rings. The molecule has 2 heteroatoms. The molecule has 1 unspecified atom stereocenters. The van der Waals surface area contributed by atoms with E-state index in [1.807, 2.05) is 0 Å². The normalized spacial score (nSPS) is 16.8. The second kappa shape index (κ2) is 4.67. The maximum absolute atomic E-state index is 11.9. The highest BCUT2D eigenvalue weighted by molar-refractivity contribution is 4.70. The van der Waals surface area contributed by atoms with Gasteiger partial charge in [0.15, 0.2) is 0 Å². The molecule has 0 aliphatic heterocycles. The summed E-state index contributed by atoms with van der Waals surface area (Å²) in [6.45, 7) is 3.00. The van der Waals surface area contributed by atoms with Crippen molar-refractivity contribution in [2.24, 2.45) is 0 Å². The average Bonchev–Trinajstić information content (AvgIpc) is 1.89. The van der Waals surface area contributed by atoms with Crippen LogP contribution in [0, 0.1) is 0 Å². The molecule has 0 fully saturated rings. The van der Waals surface area contributed by atoms with E-state index >= 15 is 0 Å². The summed E-state index contributed by atoms with van der Waals surface area (Å²) in [5.41, 5.74) is -1.07. The van der Waals surface area contributed by atoms with Gasteiger partial charge in [-0.3, -0.25) is 0 Å². The zero-order chi connectivity index (χ0) is 8.04. The van der Waals surface area contributed by atoms with E-state index in [9.17, 15) is 9.50 Å². The van der Waals surface area contributed by atoms with Crippen LogP contribution < -0.4 is 0 Å². The molecule has 1 nitrogen and oxygen atoms in total. The van der Waals surface area contributed by atoms with Crippen molar-refractivity contribution in [3.63, 3.8) is 0 Å². The lowest BCUT2D eigenvalue weighted by Crippen LogP contribution is -2.26. The Hall–Kier alpha value is -0.110. The zero-order valence-corrected chi connectivity index (χ0v) is 6.86. The molecular weight excluding hydrogens is 131 g/mol. The van der Waals surface area contributed by atoms with Crippen molar-refractivity contribution in [1.29, 1.82) is 0 Å². The predicted molar refractivity (Wildman–Crippen MR) is 40.7 cm³/mol. The molecule has 10 heavy (non-hydrogen) atoms. The molecule has 0 aliphatic carbocycles. The molecule has 0 aliphatic rings. The van der Waals surface area contributed by atoms with Gasteiger partial charge in [0.25, 0.3) is 0 Å². The summed E-state index contributed by atoms with van der Waals surface area (Å²) in [7, 11) is 0. The molecule has 0 saturated carbocycles. The van der Waals surface area contributed by atoms with Crippen molar-refractivity contribution in [2.45, 2.75) is 45.1 Å². The van der Waals surface area contributed by atoms with Gasteiger partial charge in [-0.2, -0.15) is 0 Å². The summed E-state index contributed by atoms with van der Waals surface area (Å²) in [5, 5.41) is 9.17. The molecule has 0 heterocycles. The summed E-state index contributed by atoms with van der Waals surface area (Å²) in [6.07, 6.45) is 3.70. The molecule has 0 radical (unpaired) electrons. The number of halogens is 1. The van der Waals surface area contributed by atoms with E-state index in [1.54, 1.807) is 6.92 Å². The van der Waals surface area contributed by atoms with Crippen molar-refractivity contribution in [3.8, 4) is 0 Å². The number of aliphatic hydroxyl groups is 1. The van der Waals surface area contributed by atoms with Crippen molar-refractivity contribution < 1.29 is 9.50 Å². The number of hydrogen-bond acceptors (Lipinski definition) is 1. The minimum atomic E-state index is -1.07. The lowest BCUT2D eigenvalue weighted by atomic mass is 10.0. The van der Waals surface area contributed by atoms with E-state index in [0.717, 1.165) is 19.3 Å². The summed E-state index contributed by atoms with van der Waals surface area (Å²) < 4.78 is 11.9. The molecule has 0 bridgehead atoms. The van der Waals surface area contributed by atoms with Gasteiger partial charge in [0.2, 0.25) is 0 Å². The van der Waals surface area contributed by atoms with E-state index < -0.39 is 12.3 Å². The Labute approximate surface area is 62.3 Å². The fourth-order valence-corrected chi connectivity index (χ4v) is 0.823. The van der Waals surface area contributed by atoms with Gasteiger partial charge in [0, 0.05) is 0 Å². The maximum Gasteiger partial charge on any atom is 0.118 e. The van der Waals surface area contributed by atoms with Crippen LogP contribution >= 0.6 is 0 Å². The Morgan fingerprint density at radius 1 is 1.40 bits per heavy atom. The van der Waals surface area contributed by atoms with Crippen molar-refractivity contribution in [3.05, 3.63) is 0 Å². The van der Waals surface area contributed by atoms with Crippen LogP contribution in [0.15, 0.2) is 0 Å². The first-order valence-corrected chi connectivity index (χ1v) is 3.91. The van der Waals surface area contributed by atoms with E-state index in [4.69, 9.17) is 0 Å². The number of alkyl halides is 1.